The van der Waals surface area contributed by atoms with Crippen LogP contribution in [0.3, 0.4) is 0 Å². The number of benzene rings is 2. The number of hydrogen-bond donors (Lipinski definition) is 2. The largest absolute Gasteiger partial charge is 0.396 e. The second-order valence-electron chi connectivity index (χ2n) is 9.16. The predicted octanol–water partition coefficient (Wildman–Crippen LogP) is 4.69. The Balaban J connectivity index is 1.32. The van der Waals surface area contributed by atoms with E-state index in [1.165, 1.54) is 18.5 Å². The van der Waals surface area contributed by atoms with E-state index in [1.54, 1.807) is 0 Å². The van der Waals surface area contributed by atoms with Crippen LogP contribution in [0.5, 0.6) is 0 Å². The topological polar surface area (TPSA) is 92.0 Å². The Kier molecular flexibility index (Phi) is 6.09. The van der Waals surface area contributed by atoms with Crippen LogP contribution in [0.1, 0.15) is 45.6 Å². The van der Waals surface area contributed by atoms with Crippen LogP contribution in [0.2, 0.25) is 0 Å². The van der Waals surface area contributed by atoms with Gasteiger partial charge in [-0.2, -0.15) is 0 Å². The van der Waals surface area contributed by atoms with E-state index in [0.717, 1.165) is 59.5 Å². The number of aromatic nitrogens is 5. The predicted molar refractivity (Wildman–Crippen MR) is 132 cm³/mol. The number of nitrogens with zero attached hydrogens (tertiary/aromatic N) is 6. The quantitative estimate of drug-likeness (QED) is 0.426. The monoisotopic (exact) mass is 445 g/mol. The Hall–Kier alpha value is -3.26. The molecule has 0 amide bonds. The van der Waals surface area contributed by atoms with Gasteiger partial charge in [0.2, 0.25) is 5.95 Å². The number of aliphatic hydroxyl groups excluding tert-OH is 1. The first-order chi connectivity index (χ1) is 16.1. The van der Waals surface area contributed by atoms with Gasteiger partial charge in [0.15, 0.2) is 0 Å². The molecule has 0 saturated carbocycles. The molecule has 2 aromatic carbocycles. The molecule has 1 aliphatic rings. The molecule has 1 aliphatic heterocycles. The fraction of sp³-hybridized carbons (Fsp3) is 0.440. The molecular weight excluding hydrogens is 414 g/mol. The zero-order chi connectivity index (χ0) is 22.8. The summed E-state index contributed by atoms with van der Waals surface area (Å²) in [7, 11) is 0. The summed E-state index contributed by atoms with van der Waals surface area (Å²) in [6.45, 7) is 6.63. The number of hydrogen-bond acceptors (Lipinski definition) is 7. The molecular formula is C25H31N7O. The van der Waals surface area contributed by atoms with Crippen LogP contribution in [0.25, 0.3) is 21.9 Å². The van der Waals surface area contributed by atoms with Crippen molar-refractivity contribution >= 4 is 39.3 Å². The van der Waals surface area contributed by atoms with E-state index in [2.05, 4.69) is 63.6 Å². The van der Waals surface area contributed by atoms with Crippen LogP contribution in [0.4, 0.5) is 17.3 Å². The number of rotatable bonds is 7. The van der Waals surface area contributed by atoms with Gasteiger partial charge in [-0.25, -0.2) is 14.6 Å². The molecule has 8 nitrogen and oxygen atoms in total. The Labute approximate surface area is 193 Å². The summed E-state index contributed by atoms with van der Waals surface area (Å²) in [5.41, 5.74) is 4.83. The molecule has 3 heterocycles. The zero-order valence-electron chi connectivity index (χ0n) is 19.3. The second-order valence-corrected chi connectivity index (χ2v) is 9.16. The summed E-state index contributed by atoms with van der Waals surface area (Å²) < 4.78 is 1.91. The average molecular weight is 446 g/mol. The lowest BCUT2D eigenvalue weighted by Crippen LogP contribution is -2.33. The van der Waals surface area contributed by atoms with Crippen LogP contribution in [-0.4, -0.2) is 49.8 Å². The lowest BCUT2D eigenvalue weighted by molar-refractivity contribution is 0.261. The van der Waals surface area contributed by atoms with Gasteiger partial charge in [-0.3, -0.25) is 0 Å². The minimum absolute atomic E-state index is 0.194. The van der Waals surface area contributed by atoms with Gasteiger partial charge in [0.25, 0.3) is 0 Å². The fourth-order valence-electron chi connectivity index (χ4n) is 4.69. The second kappa shape index (κ2) is 9.31. The van der Waals surface area contributed by atoms with Crippen molar-refractivity contribution in [2.45, 2.75) is 45.6 Å². The molecule has 0 atom stereocenters. The molecule has 0 spiro atoms. The maximum absolute atomic E-state index is 9.05. The third-order valence-electron chi connectivity index (χ3n) is 6.55. The number of anilines is 3. The molecule has 0 radical (unpaired) electrons. The summed E-state index contributed by atoms with van der Waals surface area (Å²) in [6, 6.07) is 12.6. The van der Waals surface area contributed by atoms with Crippen molar-refractivity contribution in [2.24, 2.45) is 5.92 Å². The Morgan fingerprint density at radius 1 is 1.09 bits per heavy atom. The summed E-state index contributed by atoms with van der Waals surface area (Å²) in [4.78, 5) is 11.8. The maximum Gasteiger partial charge on any atom is 0.227 e. The van der Waals surface area contributed by atoms with E-state index in [1.807, 2.05) is 23.0 Å². The first-order valence-corrected chi connectivity index (χ1v) is 11.9. The molecule has 0 aliphatic carbocycles. The van der Waals surface area contributed by atoms with Crippen molar-refractivity contribution < 1.29 is 5.11 Å². The summed E-state index contributed by atoms with van der Waals surface area (Å²) >= 11 is 0. The highest BCUT2D eigenvalue weighted by atomic mass is 16.2. The van der Waals surface area contributed by atoms with E-state index in [9.17, 15) is 0 Å². The highest BCUT2D eigenvalue weighted by Gasteiger charge is 2.19. The van der Waals surface area contributed by atoms with Crippen LogP contribution in [0.15, 0.2) is 42.6 Å². The molecule has 1 fully saturated rings. The van der Waals surface area contributed by atoms with Crippen molar-refractivity contribution in [3.63, 3.8) is 0 Å². The van der Waals surface area contributed by atoms with Gasteiger partial charge in [0.05, 0.1) is 0 Å². The van der Waals surface area contributed by atoms with Gasteiger partial charge in [-0.15, -0.1) is 5.10 Å². The van der Waals surface area contributed by atoms with Gasteiger partial charge in [0.1, 0.15) is 16.6 Å². The summed E-state index contributed by atoms with van der Waals surface area (Å²) in [5, 5.41) is 22.0. The van der Waals surface area contributed by atoms with Gasteiger partial charge in [0, 0.05) is 48.7 Å². The summed E-state index contributed by atoms with van der Waals surface area (Å²) in [6.07, 6.45) is 6.29. The first-order valence-electron chi connectivity index (χ1n) is 11.9. The van der Waals surface area contributed by atoms with E-state index in [-0.39, 0.29) is 6.04 Å². The van der Waals surface area contributed by atoms with E-state index < -0.39 is 0 Å². The minimum atomic E-state index is 0.194. The standard InChI is InChI=1S/C25H31N7O/c1-17(2)32-24-22(29-30-32)10-5-19-16-26-25(28-23(19)24)27-20-6-8-21(9-7-20)31-13-11-18(12-14-31)4-3-15-33/h5-10,16-18,33H,3-4,11-15H2,1-2H3,(H,26,27,28). The molecule has 8 heteroatoms. The van der Waals surface area contributed by atoms with E-state index >= 15 is 0 Å². The molecule has 2 N–H and O–H groups in total. The highest BCUT2D eigenvalue weighted by Crippen LogP contribution is 2.28. The van der Waals surface area contributed by atoms with Crippen molar-refractivity contribution in [3.05, 3.63) is 42.6 Å². The molecule has 5 rings (SSSR count). The van der Waals surface area contributed by atoms with Crippen LogP contribution >= 0.6 is 0 Å². The van der Waals surface area contributed by atoms with Crippen molar-refractivity contribution in [1.29, 1.82) is 0 Å². The smallest absolute Gasteiger partial charge is 0.227 e. The number of aliphatic hydroxyl groups is 1. The number of nitrogens with one attached hydrogen (secondary N) is 1. The van der Waals surface area contributed by atoms with Crippen LogP contribution < -0.4 is 10.2 Å². The Morgan fingerprint density at radius 3 is 2.61 bits per heavy atom. The van der Waals surface area contributed by atoms with Crippen LogP contribution in [-0.2, 0) is 0 Å². The van der Waals surface area contributed by atoms with Crippen molar-refractivity contribution in [1.82, 2.24) is 25.0 Å². The van der Waals surface area contributed by atoms with Gasteiger partial charge >= 0.3 is 0 Å². The lowest BCUT2D eigenvalue weighted by atomic mass is 9.92. The Morgan fingerprint density at radius 2 is 1.88 bits per heavy atom. The lowest BCUT2D eigenvalue weighted by Gasteiger charge is -2.33. The number of piperidine rings is 1. The first kappa shape index (κ1) is 21.6. The molecule has 172 valence electrons. The third kappa shape index (κ3) is 4.48. The van der Waals surface area contributed by atoms with Gasteiger partial charge in [-0.1, -0.05) is 5.21 Å². The average Bonchev–Trinajstić information content (AvgIpc) is 3.29. The normalized spacial score (nSPS) is 15.1. The summed E-state index contributed by atoms with van der Waals surface area (Å²) in [5.74, 6) is 1.30. The Bertz CT molecular complexity index is 1230. The zero-order valence-corrected chi connectivity index (χ0v) is 19.3. The molecule has 2 aromatic heterocycles. The van der Waals surface area contributed by atoms with E-state index in [0.29, 0.717) is 12.6 Å². The van der Waals surface area contributed by atoms with E-state index in [4.69, 9.17) is 10.1 Å². The minimum Gasteiger partial charge on any atom is -0.396 e. The molecule has 4 aromatic rings. The third-order valence-corrected chi connectivity index (χ3v) is 6.55. The molecule has 0 unspecified atom stereocenters. The van der Waals surface area contributed by atoms with Crippen molar-refractivity contribution in [3.8, 4) is 0 Å². The molecule has 1 saturated heterocycles. The number of fused-ring (bicyclic) bond motifs is 3. The molecule has 33 heavy (non-hydrogen) atoms. The fourth-order valence-corrected chi connectivity index (χ4v) is 4.69. The molecule has 0 bridgehead atoms. The van der Waals surface area contributed by atoms with Gasteiger partial charge in [-0.05, 0) is 81.8 Å². The van der Waals surface area contributed by atoms with Gasteiger partial charge < -0.3 is 15.3 Å². The SMILES string of the molecule is CC(C)n1nnc2ccc3cnc(Nc4ccc(N5CCC(CCCO)CC5)cc4)nc3c21. The van der Waals surface area contributed by atoms with Crippen molar-refractivity contribution in [2.75, 3.05) is 29.9 Å². The maximum atomic E-state index is 9.05. The van der Waals surface area contributed by atoms with Crippen LogP contribution in [0, 0.1) is 5.92 Å². The highest BCUT2D eigenvalue weighted by molar-refractivity contribution is 6.01.